The predicted octanol–water partition coefficient (Wildman–Crippen LogP) is -0.545. The number of carboxylic acid groups (broad SMARTS) is 1. The van der Waals surface area contributed by atoms with Gasteiger partial charge in [0.1, 0.15) is 6.42 Å². The standard InChI is InChI=1S/C5H6O2.C2H6O2/c1-2-3-4-5(6)7;3-1-2-4/h4H2,1H3,(H,6,7);3-4H,1-2H2. The van der Waals surface area contributed by atoms with Gasteiger partial charge in [-0.05, 0) is 6.92 Å². The van der Waals surface area contributed by atoms with E-state index in [1.54, 1.807) is 6.92 Å². The first-order valence-electron chi connectivity index (χ1n) is 3.02. The molecule has 3 N–H and O–H groups in total. The maximum Gasteiger partial charge on any atom is 0.315 e. The van der Waals surface area contributed by atoms with Crippen molar-refractivity contribution in [3.8, 4) is 11.8 Å². The molecule has 0 radical (unpaired) electrons. The van der Waals surface area contributed by atoms with Crippen LogP contribution in [0.1, 0.15) is 13.3 Å². The highest BCUT2D eigenvalue weighted by molar-refractivity contribution is 5.69. The minimum Gasteiger partial charge on any atom is -0.481 e. The Kier molecular flexibility index (Phi) is 13.4. The van der Waals surface area contributed by atoms with E-state index in [1.807, 2.05) is 0 Å². The molecule has 0 aliphatic rings. The van der Waals surface area contributed by atoms with Crippen LogP contribution in [0.15, 0.2) is 0 Å². The number of hydrogen-bond donors (Lipinski definition) is 3. The SMILES string of the molecule is CC#CCC(=O)O.OCCO. The van der Waals surface area contributed by atoms with Gasteiger partial charge in [0, 0.05) is 0 Å². The Morgan fingerprint density at radius 3 is 1.91 bits per heavy atom. The molecule has 0 aliphatic carbocycles. The molecule has 0 aromatic rings. The average molecular weight is 160 g/mol. The van der Waals surface area contributed by atoms with Crippen LogP contribution in [0.25, 0.3) is 0 Å². The molecule has 0 rings (SSSR count). The quantitative estimate of drug-likeness (QED) is 0.474. The summed E-state index contributed by atoms with van der Waals surface area (Å²) in [4.78, 5) is 9.66. The lowest BCUT2D eigenvalue weighted by atomic mass is 10.4. The van der Waals surface area contributed by atoms with E-state index < -0.39 is 5.97 Å². The van der Waals surface area contributed by atoms with Crippen LogP contribution in [0.3, 0.4) is 0 Å². The highest BCUT2D eigenvalue weighted by Gasteiger charge is 1.85. The first-order chi connectivity index (χ1) is 5.18. The molecule has 0 fully saturated rings. The Morgan fingerprint density at radius 1 is 1.36 bits per heavy atom. The monoisotopic (exact) mass is 160 g/mol. The molecular weight excluding hydrogens is 148 g/mol. The van der Waals surface area contributed by atoms with Crippen molar-refractivity contribution in [2.45, 2.75) is 13.3 Å². The van der Waals surface area contributed by atoms with E-state index in [1.165, 1.54) is 0 Å². The molecule has 0 amide bonds. The summed E-state index contributed by atoms with van der Waals surface area (Å²) in [5, 5.41) is 23.2. The van der Waals surface area contributed by atoms with Crippen molar-refractivity contribution in [1.29, 1.82) is 0 Å². The lowest BCUT2D eigenvalue weighted by Crippen LogP contribution is -1.89. The fraction of sp³-hybridized carbons (Fsp3) is 0.571. The van der Waals surface area contributed by atoms with Gasteiger partial charge in [0.2, 0.25) is 0 Å². The fourth-order valence-corrected chi connectivity index (χ4v) is 0.164. The molecule has 0 heterocycles. The molecule has 0 saturated heterocycles. The van der Waals surface area contributed by atoms with Gasteiger partial charge in [-0.3, -0.25) is 4.79 Å². The fourth-order valence-electron chi connectivity index (χ4n) is 0.164. The molecule has 0 aliphatic heterocycles. The van der Waals surface area contributed by atoms with Crippen LogP contribution in [0.4, 0.5) is 0 Å². The zero-order chi connectivity index (χ0) is 9.11. The third-order valence-electron chi connectivity index (χ3n) is 0.516. The Labute approximate surface area is 65.5 Å². The van der Waals surface area contributed by atoms with Crippen LogP contribution < -0.4 is 0 Å². The first-order valence-corrected chi connectivity index (χ1v) is 3.02. The molecule has 4 heteroatoms. The molecular formula is C7H12O4. The Hall–Kier alpha value is -1.05. The summed E-state index contributed by atoms with van der Waals surface area (Å²) in [5.74, 6) is 4.00. The summed E-state index contributed by atoms with van der Waals surface area (Å²) in [5.41, 5.74) is 0. The van der Waals surface area contributed by atoms with E-state index in [4.69, 9.17) is 15.3 Å². The van der Waals surface area contributed by atoms with Crippen LogP contribution >= 0.6 is 0 Å². The van der Waals surface area contributed by atoms with Gasteiger partial charge in [-0.25, -0.2) is 0 Å². The van der Waals surface area contributed by atoms with Gasteiger partial charge in [0.15, 0.2) is 0 Å². The number of aliphatic carboxylic acids is 1. The molecule has 0 saturated carbocycles. The van der Waals surface area contributed by atoms with Crippen molar-refractivity contribution in [2.24, 2.45) is 0 Å². The maximum atomic E-state index is 9.66. The number of carboxylic acids is 1. The van der Waals surface area contributed by atoms with Gasteiger partial charge in [-0.15, -0.1) is 5.92 Å². The van der Waals surface area contributed by atoms with Gasteiger partial charge in [-0.1, -0.05) is 5.92 Å². The number of carbonyl (C=O) groups is 1. The van der Waals surface area contributed by atoms with Crippen LogP contribution in [0.2, 0.25) is 0 Å². The zero-order valence-corrected chi connectivity index (χ0v) is 6.37. The number of aliphatic hydroxyl groups excluding tert-OH is 2. The second-order valence-corrected chi connectivity index (χ2v) is 1.44. The Bertz CT molecular complexity index is 140. The molecule has 0 aromatic heterocycles. The predicted molar refractivity (Wildman–Crippen MR) is 39.9 cm³/mol. The molecule has 4 nitrogen and oxygen atoms in total. The van der Waals surface area contributed by atoms with Gasteiger partial charge in [0.05, 0.1) is 13.2 Å². The van der Waals surface area contributed by atoms with Crippen LogP contribution in [-0.4, -0.2) is 34.5 Å². The molecule has 11 heavy (non-hydrogen) atoms. The zero-order valence-electron chi connectivity index (χ0n) is 6.37. The Balaban J connectivity index is 0. The third kappa shape index (κ3) is 27.7. The van der Waals surface area contributed by atoms with Gasteiger partial charge >= 0.3 is 5.97 Å². The number of rotatable bonds is 2. The summed E-state index contributed by atoms with van der Waals surface area (Å²) >= 11 is 0. The van der Waals surface area contributed by atoms with Gasteiger partial charge in [0.25, 0.3) is 0 Å². The van der Waals surface area contributed by atoms with E-state index in [-0.39, 0.29) is 19.6 Å². The normalized spacial score (nSPS) is 6.82. The van der Waals surface area contributed by atoms with Gasteiger partial charge in [-0.2, -0.15) is 0 Å². The van der Waals surface area contributed by atoms with Crippen LogP contribution in [0, 0.1) is 11.8 Å². The topological polar surface area (TPSA) is 77.8 Å². The van der Waals surface area contributed by atoms with E-state index in [0.717, 1.165) is 0 Å². The second kappa shape index (κ2) is 11.7. The van der Waals surface area contributed by atoms with Crippen molar-refractivity contribution >= 4 is 5.97 Å². The van der Waals surface area contributed by atoms with Crippen LogP contribution in [0.5, 0.6) is 0 Å². The van der Waals surface area contributed by atoms with Gasteiger partial charge < -0.3 is 15.3 Å². The molecule has 0 bridgehead atoms. The van der Waals surface area contributed by atoms with E-state index >= 15 is 0 Å². The van der Waals surface area contributed by atoms with E-state index in [9.17, 15) is 4.79 Å². The summed E-state index contributed by atoms with van der Waals surface area (Å²) in [6.45, 7) is 1.36. The lowest BCUT2D eigenvalue weighted by molar-refractivity contribution is -0.135. The highest BCUT2D eigenvalue weighted by atomic mass is 16.4. The molecule has 64 valence electrons. The molecule has 0 atom stereocenters. The summed E-state index contributed by atoms with van der Waals surface area (Å²) in [6, 6.07) is 0. The van der Waals surface area contributed by atoms with Crippen LogP contribution in [-0.2, 0) is 4.79 Å². The van der Waals surface area contributed by atoms with E-state index in [0.29, 0.717) is 0 Å². The summed E-state index contributed by atoms with van der Waals surface area (Å²) in [6.07, 6.45) is -0.0451. The maximum absolute atomic E-state index is 9.66. The average Bonchev–Trinajstić information content (AvgIpc) is 2.01. The van der Waals surface area contributed by atoms with Crippen molar-refractivity contribution in [3.63, 3.8) is 0 Å². The largest absolute Gasteiger partial charge is 0.481 e. The summed E-state index contributed by atoms with van der Waals surface area (Å²) in [7, 11) is 0. The second-order valence-electron chi connectivity index (χ2n) is 1.44. The first kappa shape index (κ1) is 12.6. The molecule has 0 spiro atoms. The smallest absolute Gasteiger partial charge is 0.315 e. The molecule has 0 aromatic carbocycles. The van der Waals surface area contributed by atoms with Crippen molar-refractivity contribution in [3.05, 3.63) is 0 Å². The minimum absolute atomic E-state index is 0.0451. The highest BCUT2D eigenvalue weighted by Crippen LogP contribution is 1.70. The third-order valence-corrected chi connectivity index (χ3v) is 0.516. The number of hydrogen-bond acceptors (Lipinski definition) is 3. The summed E-state index contributed by atoms with van der Waals surface area (Å²) < 4.78 is 0. The van der Waals surface area contributed by atoms with Crippen molar-refractivity contribution in [2.75, 3.05) is 13.2 Å². The minimum atomic E-state index is -0.866. The van der Waals surface area contributed by atoms with Crippen molar-refractivity contribution < 1.29 is 20.1 Å². The van der Waals surface area contributed by atoms with E-state index in [2.05, 4.69) is 11.8 Å². The lowest BCUT2D eigenvalue weighted by Gasteiger charge is -1.74. The number of aliphatic hydroxyl groups is 2. The van der Waals surface area contributed by atoms with Crippen molar-refractivity contribution in [1.82, 2.24) is 0 Å². The molecule has 0 unspecified atom stereocenters. The Morgan fingerprint density at radius 2 is 1.82 bits per heavy atom.